The van der Waals surface area contributed by atoms with Crippen LogP contribution in [0.3, 0.4) is 0 Å². The molecule has 3 nitrogen and oxygen atoms in total. The number of hydrogen-bond donors (Lipinski definition) is 1. The van der Waals surface area contributed by atoms with Crippen LogP contribution < -0.4 is 0 Å². The van der Waals surface area contributed by atoms with Crippen molar-refractivity contribution in [1.29, 1.82) is 0 Å². The average Bonchev–Trinajstić information content (AvgIpc) is 2.58. The summed E-state index contributed by atoms with van der Waals surface area (Å²) in [4.78, 5) is 14.5. The van der Waals surface area contributed by atoms with Crippen LogP contribution in [-0.2, 0) is 6.42 Å². The predicted octanol–water partition coefficient (Wildman–Crippen LogP) is 4.53. The van der Waals surface area contributed by atoms with Gasteiger partial charge in [-0.2, -0.15) is 0 Å². The fourth-order valence-corrected chi connectivity index (χ4v) is 4.52. The number of thioether (sulfide) groups is 1. The largest absolute Gasteiger partial charge is 0.465 e. The number of carbonyl (C=O) groups is 1. The van der Waals surface area contributed by atoms with Gasteiger partial charge in [0.05, 0.1) is 6.04 Å². The molecular weight excluding hydrogens is 306 g/mol. The number of nitrogens with zero attached hydrogens (tertiary/aromatic N) is 1. The third-order valence-corrected chi connectivity index (χ3v) is 5.68. The topological polar surface area (TPSA) is 40.5 Å². The van der Waals surface area contributed by atoms with Crippen LogP contribution in [0.4, 0.5) is 4.79 Å². The van der Waals surface area contributed by atoms with E-state index in [-0.39, 0.29) is 6.04 Å². The molecule has 2 aromatic rings. The minimum Gasteiger partial charge on any atom is -0.465 e. The number of benzene rings is 2. The molecule has 3 rings (SSSR count). The molecule has 2 atom stereocenters. The fourth-order valence-electron chi connectivity index (χ4n) is 3.17. The third kappa shape index (κ3) is 4.08. The molecule has 4 heteroatoms. The minimum atomic E-state index is -0.802. The Morgan fingerprint density at radius 1 is 1.09 bits per heavy atom. The summed E-state index contributed by atoms with van der Waals surface area (Å²) in [6.07, 6.45) is 1.96. The molecule has 1 saturated heterocycles. The van der Waals surface area contributed by atoms with Crippen molar-refractivity contribution < 1.29 is 9.90 Å². The molecule has 2 aromatic carbocycles. The van der Waals surface area contributed by atoms with Gasteiger partial charge in [0, 0.05) is 16.7 Å². The van der Waals surface area contributed by atoms with E-state index in [2.05, 4.69) is 24.3 Å². The second-order valence-electron chi connectivity index (χ2n) is 5.84. The average molecular weight is 327 g/mol. The smallest absolute Gasteiger partial charge is 0.407 e. The van der Waals surface area contributed by atoms with Crippen molar-refractivity contribution >= 4 is 17.9 Å². The molecule has 1 aliphatic rings. The molecule has 2 unspecified atom stereocenters. The zero-order valence-corrected chi connectivity index (χ0v) is 13.8. The second-order valence-corrected chi connectivity index (χ2v) is 7.16. The van der Waals surface area contributed by atoms with E-state index in [1.54, 1.807) is 4.90 Å². The first-order chi connectivity index (χ1) is 11.2. The molecule has 1 aliphatic heterocycles. The zero-order chi connectivity index (χ0) is 16.1. The number of rotatable bonds is 4. The lowest BCUT2D eigenvalue weighted by Crippen LogP contribution is -2.50. The van der Waals surface area contributed by atoms with Gasteiger partial charge in [-0.15, -0.1) is 11.8 Å². The van der Waals surface area contributed by atoms with Gasteiger partial charge in [-0.3, -0.25) is 0 Å². The summed E-state index contributed by atoms with van der Waals surface area (Å²) in [6, 6.07) is 20.5. The minimum absolute atomic E-state index is 0.0221. The Balaban J connectivity index is 1.81. The molecule has 0 saturated carbocycles. The summed E-state index contributed by atoms with van der Waals surface area (Å²) < 4.78 is 0. The Morgan fingerprint density at radius 3 is 2.39 bits per heavy atom. The highest BCUT2D eigenvalue weighted by Crippen LogP contribution is 2.35. The molecule has 0 aromatic heterocycles. The molecule has 0 spiro atoms. The lowest BCUT2D eigenvalue weighted by Gasteiger charge is -2.39. The van der Waals surface area contributed by atoms with Crippen molar-refractivity contribution in [2.75, 3.05) is 6.54 Å². The van der Waals surface area contributed by atoms with Gasteiger partial charge in [0.1, 0.15) is 0 Å². The van der Waals surface area contributed by atoms with Crippen LogP contribution in [0, 0.1) is 0 Å². The first-order valence-corrected chi connectivity index (χ1v) is 8.87. The van der Waals surface area contributed by atoms with Crippen molar-refractivity contribution in [2.24, 2.45) is 0 Å². The highest BCUT2D eigenvalue weighted by atomic mass is 32.2. The molecule has 1 N–H and O–H groups in total. The van der Waals surface area contributed by atoms with Crippen LogP contribution in [0.1, 0.15) is 18.4 Å². The van der Waals surface area contributed by atoms with E-state index in [0.29, 0.717) is 11.8 Å². The molecule has 1 fully saturated rings. The first-order valence-electron chi connectivity index (χ1n) is 7.99. The standard InChI is InChI=1S/C19H21NO2S/c21-19(22)20-13-7-12-18(23-16-10-5-2-6-11-16)17(20)14-15-8-3-1-4-9-15/h1-6,8-11,17-18H,7,12-14H2,(H,21,22). The zero-order valence-electron chi connectivity index (χ0n) is 13.0. The van der Waals surface area contributed by atoms with Gasteiger partial charge in [-0.05, 0) is 37.0 Å². The summed E-state index contributed by atoms with van der Waals surface area (Å²) in [6.45, 7) is 0.638. The van der Waals surface area contributed by atoms with E-state index < -0.39 is 6.09 Å². The van der Waals surface area contributed by atoms with E-state index in [4.69, 9.17) is 0 Å². The quantitative estimate of drug-likeness (QED) is 0.897. The normalized spacial score (nSPS) is 21.1. The van der Waals surface area contributed by atoms with Gasteiger partial charge in [-0.1, -0.05) is 48.5 Å². The van der Waals surface area contributed by atoms with Crippen molar-refractivity contribution in [2.45, 2.75) is 35.4 Å². The molecular formula is C19H21NO2S. The van der Waals surface area contributed by atoms with Crippen LogP contribution in [0.5, 0.6) is 0 Å². The van der Waals surface area contributed by atoms with E-state index >= 15 is 0 Å². The maximum atomic E-state index is 11.7. The van der Waals surface area contributed by atoms with E-state index in [1.165, 1.54) is 10.5 Å². The van der Waals surface area contributed by atoms with Crippen LogP contribution in [0.2, 0.25) is 0 Å². The van der Waals surface area contributed by atoms with Gasteiger partial charge in [-0.25, -0.2) is 4.79 Å². The Labute approximate surface area is 141 Å². The Morgan fingerprint density at radius 2 is 1.74 bits per heavy atom. The molecule has 0 bridgehead atoms. The van der Waals surface area contributed by atoms with Crippen molar-refractivity contribution in [3.8, 4) is 0 Å². The molecule has 0 radical (unpaired) electrons. The van der Waals surface area contributed by atoms with Crippen LogP contribution >= 0.6 is 11.8 Å². The maximum Gasteiger partial charge on any atom is 0.407 e. The third-order valence-electron chi connectivity index (χ3n) is 4.28. The molecule has 0 aliphatic carbocycles. The van der Waals surface area contributed by atoms with Crippen molar-refractivity contribution in [3.05, 3.63) is 66.2 Å². The van der Waals surface area contributed by atoms with Crippen LogP contribution in [-0.4, -0.2) is 33.9 Å². The predicted molar refractivity (Wildman–Crippen MR) is 94.0 cm³/mol. The fraction of sp³-hybridized carbons (Fsp3) is 0.316. The summed E-state index contributed by atoms with van der Waals surface area (Å²) in [5.41, 5.74) is 1.20. The van der Waals surface area contributed by atoms with Gasteiger partial charge in [0.2, 0.25) is 0 Å². The monoisotopic (exact) mass is 327 g/mol. The molecule has 1 heterocycles. The number of likely N-dealkylation sites (tertiary alicyclic amines) is 1. The summed E-state index contributed by atoms with van der Waals surface area (Å²) >= 11 is 1.81. The SMILES string of the molecule is O=C(O)N1CCCC(Sc2ccccc2)C1Cc1ccccc1. The van der Waals surface area contributed by atoms with Crippen molar-refractivity contribution in [3.63, 3.8) is 0 Å². The highest BCUT2D eigenvalue weighted by molar-refractivity contribution is 8.00. The molecule has 23 heavy (non-hydrogen) atoms. The lowest BCUT2D eigenvalue weighted by atomic mass is 9.95. The van der Waals surface area contributed by atoms with Gasteiger partial charge in [0.25, 0.3) is 0 Å². The lowest BCUT2D eigenvalue weighted by molar-refractivity contribution is 0.109. The highest BCUT2D eigenvalue weighted by Gasteiger charge is 2.34. The Kier molecular flexibility index (Phi) is 5.23. The van der Waals surface area contributed by atoms with Crippen LogP contribution in [0.15, 0.2) is 65.6 Å². The maximum absolute atomic E-state index is 11.7. The number of piperidine rings is 1. The number of hydrogen-bond acceptors (Lipinski definition) is 2. The Bertz CT molecular complexity index is 632. The van der Waals surface area contributed by atoms with E-state index in [9.17, 15) is 9.90 Å². The van der Waals surface area contributed by atoms with Gasteiger partial charge >= 0.3 is 6.09 Å². The second kappa shape index (κ2) is 7.55. The van der Waals surface area contributed by atoms with E-state index in [1.807, 2.05) is 48.2 Å². The number of carboxylic acid groups (broad SMARTS) is 1. The first kappa shape index (κ1) is 15.9. The van der Waals surface area contributed by atoms with E-state index in [0.717, 1.165) is 19.3 Å². The summed E-state index contributed by atoms with van der Waals surface area (Å²) in [5.74, 6) is 0. The summed E-state index contributed by atoms with van der Waals surface area (Å²) in [5, 5.41) is 9.88. The number of amides is 1. The molecule has 120 valence electrons. The Hall–Kier alpha value is -1.94. The van der Waals surface area contributed by atoms with Crippen molar-refractivity contribution in [1.82, 2.24) is 4.90 Å². The van der Waals surface area contributed by atoms with Crippen LogP contribution in [0.25, 0.3) is 0 Å². The van der Waals surface area contributed by atoms with Gasteiger partial charge in [0.15, 0.2) is 0 Å². The van der Waals surface area contributed by atoms with Gasteiger partial charge < -0.3 is 10.0 Å². The molecule has 1 amide bonds. The summed E-state index contributed by atoms with van der Waals surface area (Å²) in [7, 11) is 0.